The Bertz CT molecular complexity index is 994. The van der Waals surface area contributed by atoms with Gasteiger partial charge in [-0.15, -0.1) is 0 Å². The Balaban J connectivity index is 1.37. The second-order valence-electron chi connectivity index (χ2n) is 9.32. The smallest absolute Gasteiger partial charge is 0.257 e. The monoisotopic (exact) mass is 452 g/mol. The van der Waals surface area contributed by atoms with Gasteiger partial charge in [0, 0.05) is 56.2 Å². The number of benzene rings is 1. The van der Waals surface area contributed by atoms with E-state index in [4.69, 9.17) is 0 Å². The quantitative estimate of drug-likeness (QED) is 0.734. The average molecular weight is 453 g/mol. The molecule has 176 valence electrons. The normalized spacial score (nSPS) is 17.7. The Labute approximate surface area is 195 Å². The molecule has 1 N–H and O–H groups in total. The fourth-order valence-corrected chi connectivity index (χ4v) is 4.80. The van der Waals surface area contributed by atoms with Gasteiger partial charge in [-0.1, -0.05) is 19.3 Å². The molecule has 1 aromatic carbocycles. The molecular formula is C26H33FN4O2. The highest BCUT2D eigenvalue weighted by atomic mass is 19.1. The summed E-state index contributed by atoms with van der Waals surface area (Å²) in [7, 11) is 0. The number of nitrogens with one attached hydrogen (secondary N) is 1. The number of hydrogen-bond acceptors (Lipinski definition) is 4. The van der Waals surface area contributed by atoms with Gasteiger partial charge in [0.15, 0.2) is 0 Å². The molecule has 0 unspecified atom stereocenters. The van der Waals surface area contributed by atoms with Gasteiger partial charge in [0.05, 0.1) is 5.56 Å². The van der Waals surface area contributed by atoms with Crippen LogP contribution in [0.2, 0.25) is 0 Å². The first kappa shape index (κ1) is 23.4. The summed E-state index contributed by atoms with van der Waals surface area (Å²) in [6.45, 7) is 7.32. The first-order valence-corrected chi connectivity index (χ1v) is 11.9. The number of nitrogens with zero attached hydrogens (tertiary/aromatic N) is 3. The van der Waals surface area contributed by atoms with Crippen molar-refractivity contribution in [1.29, 1.82) is 0 Å². The Morgan fingerprint density at radius 1 is 1.06 bits per heavy atom. The summed E-state index contributed by atoms with van der Waals surface area (Å²) in [6, 6.07) is 6.38. The number of hydrogen-bond donors (Lipinski definition) is 1. The van der Waals surface area contributed by atoms with E-state index in [1.807, 2.05) is 18.7 Å². The van der Waals surface area contributed by atoms with E-state index < -0.39 is 0 Å². The Morgan fingerprint density at radius 3 is 2.45 bits per heavy atom. The second-order valence-corrected chi connectivity index (χ2v) is 9.32. The molecule has 1 aliphatic carbocycles. The number of pyridine rings is 1. The Morgan fingerprint density at radius 2 is 1.79 bits per heavy atom. The number of carbonyl (C=O) groups excluding carboxylic acids is 2. The molecule has 0 spiro atoms. The van der Waals surface area contributed by atoms with E-state index in [1.165, 1.54) is 24.8 Å². The number of amides is 2. The zero-order valence-electron chi connectivity index (χ0n) is 19.6. The number of aryl methyl sites for hydroxylation is 1. The molecule has 1 aliphatic heterocycles. The minimum atomic E-state index is -0.376. The van der Waals surface area contributed by atoms with Crippen molar-refractivity contribution >= 4 is 17.5 Å². The van der Waals surface area contributed by atoms with Crippen LogP contribution in [0.1, 0.15) is 59.3 Å². The predicted octanol–water partition coefficient (Wildman–Crippen LogP) is 4.31. The molecule has 2 amide bonds. The van der Waals surface area contributed by atoms with E-state index in [-0.39, 0.29) is 17.6 Å². The fraction of sp³-hybridized carbons (Fsp3) is 0.500. The van der Waals surface area contributed by atoms with Crippen molar-refractivity contribution in [2.45, 2.75) is 52.5 Å². The van der Waals surface area contributed by atoms with Crippen molar-refractivity contribution in [1.82, 2.24) is 14.8 Å². The molecule has 4 rings (SSSR count). The number of piperazine rings is 1. The summed E-state index contributed by atoms with van der Waals surface area (Å²) in [6.07, 6.45) is 7.13. The number of rotatable bonds is 5. The standard InChI is InChI=1S/C26H33FN4O2/c1-18-8-9-21(16-28-18)25(32)29-24-15-23(27)14-22(19(24)2)17-30-10-12-31(13-11-30)26(33)20-6-4-3-5-7-20/h8-9,14-16,20H,3-7,10-13,17H2,1-2H3,(H,29,32). The van der Waals surface area contributed by atoms with Crippen LogP contribution in [-0.2, 0) is 11.3 Å². The number of anilines is 1. The van der Waals surface area contributed by atoms with Crippen molar-refractivity contribution < 1.29 is 14.0 Å². The third kappa shape index (κ3) is 5.77. The van der Waals surface area contributed by atoms with Crippen molar-refractivity contribution in [3.63, 3.8) is 0 Å². The lowest BCUT2D eigenvalue weighted by molar-refractivity contribution is -0.138. The van der Waals surface area contributed by atoms with Crippen LogP contribution in [0.15, 0.2) is 30.5 Å². The van der Waals surface area contributed by atoms with Crippen LogP contribution in [0.3, 0.4) is 0 Å². The van der Waals surface area contributed by atoms with E-state index >= 15 is 0 Å². The highest BCUT2D eigenvalue weighted by molar-refractivity contribution is 6.04. The summed E-state index contributed by atoms with van der Waals surface area (Å²) in [4.78, 5) is 33.8. The maximum atomic E-state index is 14.4. The summed E-state index contributed by atoms with van der Waals surface area (Å²) in [5.74, 6) is -0.173. The minimum Gasteiger partial charge on any atom is -0.340 e. The van der Waals surface area contributed by atoms with Crippen LogP contribution >= 0.6 is 0 Å². The lowest BCUT2D eigenvalue weighted by atomic mass is 9.88. The molecule has 2 heterocycles. The summed E-state index contributed by atoms with van der Waals surface area (Å²) < 4.78 is 14.4. The van der Waals surface area contributed by atoms with Crippen LogP contribution < -0.4 is 5.32 Å². The van der Waals surface area contributed by atoms with Crippen LogP contribution in [-0.4, -0.2) is 52.8 Å². The van der Waals surface area contributed by atoms with Gasteiger partial charge >= 0.3 is 0 Å². The van der Waals surface area contributed by atoms with Crippen molar-refractivity contribution in [2.75, 3.05) is 31.5 Å². The predicted molar refractivity (Wildman–Crippen MR) is 126 cm³/mol. The molecule has 33 heavy (non-hydrogen) atoms. The zero-order valence-corrected chi connectivity index (χ0v) is 19.6. The highest BCUT2D eigenvalue weighted by Gasteiger charge is 2.28. The van der Waals surface area contributed by atoms with Gasteiger partial charge < -0.3 is 10.2 Å². The Hall–Kier alpha value is -2.80. The average Bonchev–Trinajstić information content (AvgIpc) is 2.83. The van der Waals surface area contributed by atoms with E-state index in [9.17, 15) is 14.0 Å². The topological polar surface area (TPSA) is 65.5 Å². The SMILES string of the molecule is Cc1ccc(C(=O)Nc2cc(F)cc(CN3CCN(C(=O)C4CCCCC4)CC3)c2C)cn1. The first-order valence-electron chi connectivity index (χ1n) is 11.9. The Kier molecular flexibility index (Phi) is 7.38. The van der Waals surface area contributed by atoms with E-state index in [0.717, 1.165) is 55.6 Å². The molecule has 0 radical (unpaired) electrons. The molecule has 1 saturated carbocycles. The molecule has 0 bridgehead atoms. The van der Waals surface area contributed by atoms with Gasteiger partial charge in [0.1, 0.15) is 5.82 Å². The third-order valence-electron chi connectivity index (χ3n) is 6.93. The summed E-state index contributed by atoms with van der Waals surface area (Å²) in [5, 5.41) is 2.83. The van der Waals surface area contributed by atoms with Gasteiger partial charge in [0.2, 0.25) is 5.91 Å². The molecule has 0 atom stereocenters. The lowest BCUT2D eigenvalue weighted by Crippen LogP contribution is -2.50. The molecule has 2 aromatic rings. The van der Waals surface area contributed by atoms with Gasteiger partial charge in [0.25, 0.3) is 5.91 Å². The minimum absolute atomic E-state index is 0.200. The number of aromatic nitrogens is 1. The van der Waals surface area contributed by atoms with Gasteiger partial charge in [-0.2, -0.15) is 0 Å². The molecule has 1 aromatic heterocycles. The van der Waals surface area contributed by atoms with Gasteiger partial charge in [-0.25, -0.2) is 4.39 Å². The lowest BCUT2D eigenvalue weighted by Gasteiger charge is -2.37. The first-order chi connectivity index (χ1) is 15.9. The summed E-state index contributed by atoms with van der Waals surface area (Å²) in [5.41, 5.74) is 3.44. The van der Waals surface area contributed by atoms with Gasteiger partial charge in [-0.05, 0) is 62.1 Å². The molecule has 2 aliphatic rings. The second kappa shape index (κ2) is 10.4. The summed E-state index contributed by atoms with van der Waals surface area (Å²) >= 11 is 0. The van der Waals surface area contributed by atoms with Crippen LogP contribution in [0, 0.1) is 25.6 Å². The van der Waals surface area contributed by atoms with E-state index in [2.05, 4.69) is 15.2 Å². The maximum Gasteiger partial charge on any atom is 0.257 e. The highest BCUT2D eigenvalue weighted by Crippen LogP contribution is 2.27. The number of carbonyl (C=O) groups is 2. The maximum absolute atomic E-state index is 14.4. The van der Waals surface area contributed by atoms with Crippen LogP contribution in [0.4, 0.5) is 10.1 Å². The van der Waals surface area contributed by atoms with Crippen LogP contribution in [0.25, 0.3) is 0 Å². The van der Waals surface area contributed by atoms with E-state index in [0.29, 0.717) is 36.8 Å². The number of halogens is 1. The molecular weight excluding hydrogens is 419 g/mol. The molecule has 6 nitrogen and oxygen atoms in total. The largest absolute Gasteiger partial charge is 0.340 e. The fourth-order valence-electron chi connectivity index (χ4n) is 4.80. The van der Waals surface area contributed by atoms with Crippen LogP contribution in [0.5, 0.6) is 0 Å². The van der Waals surface area contributed by atoms with Gasteiger partial charge in [-0.3, -0.25) is 19.5 Å². The molecule has 2 fully saturated rings. The van der Waals surface area contributed by atoms with E-state index in [1.54, 1.807) is 12.1 Å². The van der Waals surface area contributed by atoms with Crippen molar-refractivity contribution in [2.24, 2.45) is 5.92 Å². The van der Waals surface area contributed by atoms with Crippen molar-refractivity contribution in [3.8, 4) is 0 Å². The van der Waals surface area contributed by atoms with Crippen molar-refractivity contribution in [3.05, 3.63) is 58.7 Å². The molecule has 1 saturated heterocycles. The third-order valence-corrected chi connectivity index (χ3v) is 6.93. The molecule has 7 heteroatoms. The zero-order chi connectivity index (χ0) is 23.4.